The van der Waals surface area contributed by atoms with E-state index in [4.69, 9.17) is 0 Å². The van der Waals surface area contributed by atoms with E-state index in [2.05, 4.69) is 16.9 Å². The monoisotopic (exact) mass is 218 g/mol. The zero-order valence-electron chi connectivity index (χ0n) is 8.30. The molecule has 4 heteroatoms. The minimum Gasteiger partial charge on any atom is -0.296 e. The molecule has 0 aliphatic heterocycles. The van der Waals surface area contributed by atoms with Crippen molar-refractivity contribution in [3.63, 3.8) is 0 Å². The van der Waals surface area contributed by atoms with Gasteiger partial charge in [-0.2, -0.15) is 0 Å². The third-order valence-electron chi connectivity index (χ3n) is 2.16. The number of hydrogen-bond donors (Lipinski definition) is 0. The zero-order valence-corrected chi connectivity index (χ0v) is 9.12. The minimum absolute atomic E-state index is 0.494. The average molecular weight is 218 g/mol. The molecule has 0 amide bonds. The van der Waals surface area contributed by atoms with Crippen molar-refractivity contribution in [3.05, 3.63) is 35.1 Å². The van der Waals surface area contributed by atoms with Crippen LogP contribution in [0, 0.1) is 0 Å². The van der Waals surface area contributed by atoms with Crippen LogP contribution in [-0.2, 0) is 6.42 Å². The Balaban J connectivity index is 2.48. The van der Waals surface area contributed by atoms with E-state index in [0.717, 1.165) is 28.8 Å². The Hall–Kier alpha value is -1.55. The van der Waals surface area contributed by atoms with Gasteiger partial charge in [-0.25, -0.2) is 4.98 Å². The molecule has 15 heavy (non-hydrogen) atoms. The van der Waals surface area contributed by atoms with Gasteiger partial charge in [0.05, 0.1) is 0 Å². The first kappa shape index (κ1) is 9.98. The topological polar surface area (TPSA) is 42.9 Å². The summed E-state index contributed by atoms with van der Waals surface area (Å²) in [6.07, 6.45) is 5.28. The number of pyridine rings is 1. The van der Waals surface area contributed by atoms with Crippen LogP contribution >= 0.6 is 11.3 Å². The average Bonchev–Trinajstić information content (AvgIpc) is 2.77. The van der Waals surface area contributed by atoms with Crippen molar-refractivity contribution in [2.75, 3.05) is 0 Å². The maximum atomic E-state index is 10.5. The summed E-state index contributed by atoms with van der Waals surface area (Å²) in [4.78, 5) is 18.8. The van der Waals surface area contributed by atoms with Crippen molar-refractivity contribution in [2.24, 2.45) is 0 Å². The molecule has 0 N–H and O–H groups in total. The molecular weight excluding hydrogens is 208 g/mol. The van der Waals surface area contributed by atoms with Crippen LogP contribution in [-0.4, -0.2) is 16.3 Å². The van der Waals surface area contributed by atoms with E-state index in [9.17, 15) is 4.79 Å². The summed E-state index contributed by atoms with van der Waals surface area (Å²) < 4.78 is 0. The van der Waals surface area contributed by atoms with Gasteiger partial charge in [-0.15, -0.1) is 11.3 Å². The summed E-state index contributed by atoms with van der Waals surface area (Å²) in [5.41, 5.74) is 2.73. The molecule has 2 aromatic rings. The van der Waals surface area contributed by atoms with Crippen molar-refractivity contribution >= 4 is 17.6 Å². The lowest BCUT2D eigenvalue weighted by Crippen LogP contribution is -1.88. The maximum absolute atomic E-state index is 10.5. The Kier molecular flexibility index (Phi) is 2.87. The van der Waals surface area contributed by atoms with Gasteiger partial charge in [0.25, 0.3) is 0 Å². The molecule has 0 saturated heterocycles. The fourth-order valence-electron chi connectivity index (χ4n) is 1.38. The fraction of sp³-hybridized carbons (Fsp3) is 0.182. The van der Waals surface area contributed by atoms with Crippen LogP contribution < -0.4 is 0 Å². The lowest BCUT2D eigenvalue weighted by Gasteiger charge is -2.02. The highest BCUT2D eigenvalue weighted by molar-refractivity contribution is 7.13. The number of aryl methyl sites for hydroxylation is 1. The van der Waals surface area contributed by atoms with Gasteiger partial charge < -0.3 is 0 Å². The summed E-state index contributed by atoms with van der Waals surface area (Å²) in [5, 5.41) is 2.65. The molecule has 2 heterocycles. The fourth-order valence-corrected chi connectivity index (χ4v) is 2.21. The maximum Gasteiger partial charge on any atom is 0.169 e. The Morgan fingerprint density at radius 1 is 1.53 bits per heavy atom. The molecule has 0 fully saturated rings. The molecule has 2 aromatic heterocycles. The summed E-state index contributed by atoms with van der Waals surface area (Å²) in [5.74, 6) is 0. The number of hydrogen-bond acceptors (Lipinski definition) is 4. The van der Waals surface area contributed by atoms with Gasteiger partial charge in [0.2, 0.25) is 0 Å². The van der Waals surface area contributed by atoms with E-state index in [1.807, 2.05) is 12.3 Å². The van der Waals surface area contributed by atoms with Crippen molar-refractivity contribution in [2.45, 2.75) is 13.3 Å². The largest absolute Gasteiger partial charge is 0.296 e. The van der Waals surface area contributed by atoms with Crippen LogP contribution in [0.1, 0.15) is 23.0 Å². The van der Waals surface area contributed by atoms with E-state index in [1.165, 1.54) is 11.3 Å². The Morgan fingerprint density at radius 2 is 2.40 bits per heavy atom. The number of carbonyl (C=O) groups is 1. The Morgan fingerprint density at radius 3 is 3.07 bits per heavy atom. The van der Waals surface area contributed by atoms with E-state index in [1.54, 1.807) is 11.6 Å². The van der Waals surface area contributed by atoms with Gasteiger partial charge in [-0.1, -0.05) is 6.92 Å². The van der Waals surface area contributed by atoms with E-state index >= 15 is 0 Å². The summed E-state index contributed by atoms with van der Waals surface area (Å²) in [6.45, 7) is 2.08. The molecule has 0 atom stereocenters. The molecule has 0 spiro atoms. The summed E-state index contributed by atoms with van der Waals surface area (Å²) in [6, 6.07) is 1.94. The molecule has 76 valence electrons. The van der Waals surface area contributed by atoms with Crippen molar-refractivity contribution in [1.82, 2.24) is 9.97 Å². The predicted molar refractivity (Wildman–Crippen MR) is 60.1 cm³/mol. The third kappa shape index (κ3) is 1.94. The number of carbonyl (C=O) groups excluding carboxylic acids is 1. The van der Waals surface area contributed by atoms with Gasteiger partial charge in [0, 0.05) is 23.3 Å². The normalized spacial score (nSPS) is 10.2. The van der Waals surface area contributed by atoms with Crippen LogP contribution in [0.2, 0.25) is 0 Å². The van der Waals surface area contributed by atoms with Crippen LogP contribution in [0.25, 0.3) is 10.6 Å². The van der Waals surface area contributed by atoms with Crippen LogP contribution in [0.5, 0.6) is 0 Å². The van der Waals surface area contributed by atoms with Gasteiger partial charge in [-0.3, -0.25) is 9.78 Å². The Bertz CT molecular complexity index is 479. The van der Waals surface area contributed by atoms with E-state index in [0.29, 0.717) is 5.69 Å². The third-order valence-corrected chi connectivity index (χ3v) is 3.05. The first-order chi connectivity index (χ1) is 7.35. The van der Waals surface area contributed by atoms with E-state index < -0.39 is 0 Å². The molecule has 2 rings (SSSR count). The van der Waals surface area contributed by atoms with Crippen LogP contribution in [0.15, 0.2) is 23.8 Å². The first-order valence-electron chi connectivity index (χ1n) is 4.69. The second-order valence-corrected chi connectivity index (χ2v) is 3.94. The lowest BCUT2D eigenvalue weighted by atomic mass is 10.1. The van der Waals surface area contributed by atoms with Crippen molar-refractivity contribution in [3.8, 4) is 10.6 Å². The Labute approximate surface area is 91.8 Å². The molecule has 0 aromatic carbocycles. The predicted octanol–water partition coefficient (Wildman–Crippen LogP) is 2.58. The number of aldehydes is 1. The number of aromatic nitrogens is 2. The van der Waals surface area contributed by atoms with E-state index in [-0.39, 0.29) is 0 Å². The summed E-state index contributed by atoms with van der Waals surface area (Å²) >= 11 is 1.49. The number of thiazole rings is 1. The highest BCUT2D eigenvalue weighted by atomic mass is 32.1. The van der Waals surface area contributed by atoms with Gasteiger partial charge in [-0.05, 0) is 18.1 Å². The van der Waals surface area contributed by atoms with Crippen molar-refractivity contribution in [1.29, 1.82) is 0 Å². The molecule has 0 aliphatic carbocycles. The van der Waals surface area contributed by atoms with Crippen LogP contribution in [0.3, 0.4) is 0 Å². The highest BCUT2D eigenvalue weighted by Crippen LogP contribution is 2.26. The van der Waals surface area contributed by atoms with Crippen LogP contribution in [0.4, 0.5) is 0 Å². The van der Waals surface area contributed by atoms with Gasteiger partial charge >= 0.3 is 0 Å². The molecular formula is C11H10N2OS. The SMILES string of the molecule is CCc1cnccc1-c1nc(C=O)cs1. The minimum atomic E-state index is 0.494. The van der Waals surface area contributed by atoms with Gasteiger partial charge in [0.1, 0.15) is 10.7 Å². The zero-order chi connectivity index (χ0) is 10.7. The second-order valence-electron chi connectivity index (χ2n) is 3.08. The quantitative estimate of drug-likeness (QED) is 0.744. The molecule has 0 radical (unpaired) electrons. The number of rotatable bonds is 3. The molecule has 3 nitrogen and oxygen atoms in total. The standard InChI is InChI=1S/C11H10N2OS/c1-2-8-5-12-4-3-10(8)11-13-9(6-14)7-15-11/h3-7H,2H2,1H3. The number of nitrogens with zero attached hydrogens (tertiary/aromatic N) is 2. The lowest BCUT2D eigenvalue weighted by molar-refractivity contribution is 0.111. The molecule has 0 aliphatic rings. The second kappa shape index (κ2) is 4.31. The first-order valence-corrected chi connectivity index (χ1v) is 5.57. The smallest absolute Gasteiger partial charge is 0.169 e. The molecule has 0 saturated carbocycles. The van der Waals surface area contributed by atoms with Gasteiger partial charge in [0.15, 0.2) is 6.29 Å². The van der Waals surface area contributed by atoms with Crippen molar-refractivity contribution < 1.29 is 4.79 Å². The molecule has 0 unspecified atom stereocenters. The molecule has 0 bridgehead atoms. The highest BCUT2D eigenvalue weighted by Gasteiger charge is 2.07. The summed E-state index contributed by atoms with van der Waals surface area (Å²) in [7, 11) is 0.